The van der Waals surface area contributed by atoms with Gasteiger partial charge in [0.05, 0.1) is 5.69 Å². The molecule has 1 amide bonds. The van der Waals surface area contributed by atoms with Crippen molar-refractivity contribution in [3.05, 3.63) is 53.8 Å². The summed E-state index contributed by atoms with van der Waals surface area (Å²) in [4.78, 5) is 11.2. The molecule has 1 atom stereocenters. The first-order valence-electron chi connectivity index (χ1n) is 6.57. The van der Waals surface area contributed by atoms with E-state index >= 15 is 0 Å². The van der Waals surface area contributed by atoms with Gasteiger partial charge in [-0.3, -0.25) is 4.79 Å². The van der Waals surface area contributed by atoms with Gasteiger partial charge in [0.1, 0.15) is 11.6 Å². The second-order valence-corrected chi connectivity index (χ2v) is 4.72. The van der Waals surface area contributed by atoms with Crippen LogP contribution in [0, 0.1) is 5.82 Å². The Morgan fingerprint density at radius 2 is 1.86 bits per heavy atom. The smallest absolute Gasteiger partial charge is 0.221 e. The number of hydrogen-bond acceptors (Lipinski definition) is 3. The zero-order valence-electron chi connectivity index (χ0n) is 11.9. The zero-order chi connectivity index (χ0) is 15.4. The number of amides is 1. The van der Waals surface area contributed by atoms with Crippen LogP contribution >= 0.6 is 0 Å². The third kappa shape index (κ3) is 3.58. The van der Waals surface area contributed by atoms with E-state index in [1.165, 1.54) is 13.0 Å². The molecule has 0 unspecified atom stereocenters. The molecular formula is C16H17FN2O2. The Labute approximate surface area is 122 Å². The van der Waals surface area contributed by atoms with Gasteiger partial charge in [0.25, 0.3) is 0 Å². The molecule has 0 saturated carbocycles. The normalized spacial score (nSPS) is 11.8. The number of halogens is 1. The Kier molecular flexibility index (Phi) is 4.55. The van der Waals surface area contributed by atoms with E-state index in [9.17, 15) is 9.18 Å². The molecule has 0 bridgehead atoms. The monoisotopic (exact) mass is 288 g/mol. The molecule has 5 heteroatoms. The maximum Gasteiger partial charge on any atom is 0.221 e. The molecule has 0 fully saturated rings. The first-order valence-corrected chi connectivity index (χ1v) is 6.57. The summed E-state index contributed by atoms with van der Waals surface area (Å²) in [7, 11) is 0. The van der Waals surface area contributed by atoms with E-state index in [-0.39, 0.29) is 5.91 Å². The lowest BCUT2D eigenvalue weighted by atomic mass is 10.1. The van der Waals surface area contributed by atoms with Gasteiger partial charge < -0.3 is 15.8 Å². The van der Waals surface area contributed by atoms with Crippen molar-refractivity contribution in [3.8, 4) is 11.5 Å². The topological polar surface area (TPSA) is 64.3 Å². The summed E-state index contributed by atoms with van der Waals surface area (Å²) in [5.74, 6) is 0.139. The van der Waals surface area contributed by atoms with Crippen LogP contribution in [0.15, 0.2) is 42.5 Å². The summed E-state index contributed by atoms with van der Waals surface area (Å²) in [6.07, 6.45) is 0. The summed E-state index contributed by atoms with van der Waals surface area (Å²) in [5.41, 5.74) is 6.62. The lowest BCUT2D eigenvalue weighted by Gasteiger charge is -2.16. The first-order chi connectivity index (χ1) is 9.99. The molecule has 0 aliphatic heterocycles. The highest BCUT2D eigenvalue weighted by Gasteiger charge is 2.15. The van der Waals surface area contributed by atoms with Crippen molar-refractivity contribution in [3.63, 3.8) is 0 Å². The largest absolute Gasteiger partial charge is 0.455 e. The van der Waals surface area contributed by atoms with Crippen molar-refractivity contribution in [1.82, 2.24) is 0 Å². The highest BCUT2D eigenvalue weighted by atomic mass is 19.1. The third-order valence-corrected chi connectivity index (χ3v) is 2.89. The number of benzene rings is 2. The molecule has 0 saturated heterocycles. The Morgan fingerprint density at radius 3 is 2.52 bits per heavy atom. The molecule has 0 radical (unpaired) electrons. The summed E-state index contributed by atoms with van der Waals surface area (Å²) in [6.45, 7) is 3.09. The van der Waals surface area contributed by atoms with Crippen molar-refractivity contribution in [2.75, 3.05) is 5.32 Å². The highest BCUT2D eigenvalue weighted by molar-refractivity contribution is 5.90. The van der Waals surface area contributed by atoms with E-state index < -0.39 is 11.9 Å². The van der Waals surface area contributed by atoms with Crippen LogP contribution in [0.25, 0.3) is 0 Å². The number of ether oxygens (including phenoxy) is 1. The van der Waals surface area contributed by atoms with Gasteiger partial charge in [-0.2, -0.15) is 0 Å². The molecule has 0 aromatic heterocycles. The number of carbonyl (C=O) groups is 1. The number of carbonyl (C=O) groups excluding carboxylic acids is 1. The van der Waals surface area contributed by atoms with Gasteiger partial charge in [0, 0.05) is 18.5 Å². The molecule has 21 heavy (non-hydrogen) atoms. The number of rotatable bonds is 4. The summed E-state index contributed by atoms with van der Waals surface area (Å²) >= 11 is 0. The van der Waals surface area contributed by atoms with Gasteiger partial charge in [0.2, 0.25) is 5.91 Å². The van der Waals surface area contributed by atoms with Crippen molar-refractivity contribution in [2.45, 2.75) is 19.9 Å². The van der Waals surface area contributed by atoms with E-state index in [0.29, 0.717) is 22.7 Å². The summed E-state index contributed by atoms with van der Waals surface area (Å²) < 4.78 is 19.6. The van der Waals surface area contributed by atoms with E-state index in [4.69, 9.17) is 10.5 Å². The maximum absolute atomic E-state index is 13.9. The average molecular weight is 288 g/mol. The van der Waals surface area contributed by atoms with Crippen LogP contribution < -0.4 is 15.8 Å². The number of para-hydroxylation sites is 2. The predicted octanol–water partition coefficient (Wildman–Crippen LogP) is 3.60. The Morgan fingerprint density at radius 1 is 1.19 bits per heavy atom. The fourth-order valence-electron chi connectivity index (χ4n) is 2.02. The van der Waals surface area contributed by atoms with Crippen LogP contribution in [0.2, 0.25) is 0 Å². The van der Waals surface area contributed by atoms with Gasteiger partial charge in [-0.1, -0.05) is 18.2 Å². The van der Waals surface area contributed by atoms with Crippen molar-refractivity contribution < 1.29 is 13.9 Å². The van der Waals surface area contributed by atoms with Crippen LogP contribution in [-0.2, 0) is 4.79 Å². The summed E-state index contributed by atoms with van der Waals surface area (Å²) in [6, 6.07) is 11.0. The van der Waals surface area contributed by atoms with Crippen molar-refractivity contribution >= 4 is 11.6 Å². The van der Waals surface area contributed by atoms with E-state index in [1.54, 1.807) is 43.3 Å². The number of hydrogen-bond donors (Lipinski definition) is 2. The molecule has 2 aromatic carbocycles. The highest BCUT2D eigenvalue weighted by Crippen LogP contribution is 2.34. The molecule has 0 heterocycles. The van der Waals surface area contributed by atoms with E-state index in [0.717, 1.165) is 0 Å². The molecular weight excluding hydrogens is 271 g/mol. The molecule has 0 spiro atoms. The Hall–Kier alpha value is -2.40. The second-order valence-electron chi connectivity index (χ2n) is 4.72. The molecule has 0 aliphatic carbocycles. The van der Waals surface area contributed by atoms with E-state index in [1.807, 2.05) is 0 Å². The Bertz CT molecular complexity index is 656. The molecule has 4 nitrogen and oxygen atoms in total. The molecule has 110 valence electrons. The van der Waals surface area contributed by atoms with Crippen LogP contribution in [0.1, 0.15) is 25.5 Å². The van der Waals surface area contributed by atoms with Crippen LogP contribution in [0.5, 0.6) is 11.5 Å². The van der Waals surface area contributed by atoms with Crippen molar-refractivity contribution in [2.24, 2.45) is 5.73 Å². The van der Waals surface area contributed by atoms with E-state index in [2.05, 4.69) is 5.32 Å². The molecule has 2 aromatic rings. The zero-order valence-corrected chi connectivity index (χ0v) is 11.9. The lowest BCUT2D eigenvalue weighted by molar-refractivity contribution is -0.114. The third-order valence-electron chi connectivity index (χ3n) is 2.89. The van der Waals surface area contributed by atoms with Crippen LogP contribution in [0.4, 0.5) is 10.1 Å². The minimum Gasteiger partial charge on any atom is -0.455 e. The molecule has 0 aliphatic rings. The molecule has 2 rings (SSSR count). The maximum atomic E-state index is 13.9. The number of anilines is 1. The average Bonchev–Trinajstić information content (AvgIpc) is 2.40. The SMILES string of the molecule is CC(=O)Nc1ccccc1Oc1cccc(F)c1[C@H](C)N. The quantitative estimate of drug-likeness (QED) is 0.903. The van der Waals surface area contributed by atoms with Crippen molar-refractivity contribution in [1.29, 1.82) is 0 Å². The minimum absolute atomic E-state index is 0.210. The van der Waals surface area contributed by atoms with Gasteiger partial charge in [0.15, 0.2) is 5.75 Å². The number of nitrogens with one attached hydrogen (secondary N) is 1. The van der Waals surface area contributed by atoms with Gasteiger partial charge >= 0.3 is 0 Å². The predicted molar refractivity (Wildman–Crippen MR) is 79.8 cm³/mol. The van der Waals surface area contributed by atoms with Gasteiger partial charge in [-0.25, -0.2) is 4.39 Å². The van der Waals surface area contributed by atoms with Crippen LogP contribution in [-0.4, -0.2) is 5.91 Å². The van der Waals surface area contributed by atoms with Crippen LogP contribution in [0.3, 0.4) is 0 Å². The standard InChI is InChI=1S/C16H17FN2O2/c1-10(18)16-12(17)6-5-9-15(16)21-14-8-4-3-7-13(14)19-11(2)20/h3-10H,18H2,1-2H3,(H,19,20)/t10-/m0/s1. The molecule has 3 N–H and O–H groups in total. The number of nitrogens with two attached hydrogens (primary N) is 1. The van der Waals surface area contributed by atoms with Gasteiger partial charge in [-0.05, 0) is 31.2 Å². The lowest BCUT2D eigenvalue weighted by Crippen LogP contribution is -2.10. The minimum atomic E-state index is -0.505. The summed E-state index contributed by atoms with van der Waals surface area (Å²) in [5, 5.41) is 2.67. The Balaban J connectivity index is 2.39. The first kappa shape index (κ1) is 15.0. The van der Waals surface area contributed by atoms with Gasteiger partial charge in [-0.15, -0.1) is 0 Å². The fraction of sp³-hybridized carbons (Fsp3) is 0.188. The fourth-order valence-corrected chi connectivity index (χ4v) is 2.02. The second kappa shape index (κ2) is 6.37.